The van der Waals surface area contributed by atoms with Gasteiger partial charge in [0.25, 0.3) is 0 Å². The monoisotopic (exact) mass is 450 g/mol. The third-order valence-corrected chi connectivity index (χ3v) is 4.40. The number of alkyl carbamates (subject to hydrolysis) is 1. The number of esters is 1. The average molecular weight is 451 g/mol. The number of hydrogen-bond acceptors (Lipinski definition) is 5. The first kappa shape index (κ1) is 25.5. The summed E-state index contributed by atoms with van der Waals surface area (Å²) in [6.45, 7) is 5.20. The Kier molecular flexibility index (Phi) is 9.49. The number of carbonyl (C=O) groups is 3. The SMILES string of the molecule is COC(=O)C(CC#Cc1ccccc1)NC(=O)C(Cc1ccccc1)NC(=O)OC(C)(C)C. The van der Waals surface area contributed by atoms with Gasteiger partial charge in [-0.2, -0.15) is 0 Å². The summed E-state index contributed by atoms with van der Waals surface area (Å²) in [7, 11) is 1.24. The van der Waals surface area contributed by atoms with Crippen LogP contribution in [-0.4, -0.2) is 42.8 Å². The minimum atomic E-state index is -0.988. The van der Waals surface area contributed by atoms with Gasteiger partial charge in [-0.15, -0.1) is 0 Å². The maximum atomic E-state index is 13.1. The number of hydrogen-bond donors (Lipinski definition) is 2. The Bertz CT molecular complexity index is 988. The van der Waals surface area contributed by atoms with Gasteiger partial charge in [-0.05, 0) is 38.5 Å². The van der Waals surface area contributed by atoms with Crippen molar-refractivity contribution in [3.05, 3.63) is 71.8 Å². The number of benzene rings is 2. The van der Waals surface area contributed by atoms with Crippen LogP contribution in [-0.2, 0) is 25.5 Å². The molecule has 2 N–H and O–H groups in total. The van der Waals surface area contributed by atoms with Crippen LogP contribution in [0, 0.1) is 11.8 Å². The van der Waals surface area contributed by atoms with Crippen LogP contribution in [0.1, 0.15) is 38.3 Å². The first-order valence-electron chi connectivity index (χ1n) is 10.6. The van der Waals surface area contributed by atoms with Crippen molar-refractivity contribution in [1.82, 2.24) is 10.6 Å². The highest BCUT2D eigenvalue weighted by atomic mass is 16.6. The van der Waals surface area contributed by atoms with Gasteiger partial charge in [0.2, 0.25) is 5.91 Å². The Morgan fingerprint density at radius 1 is 0.909 bits per heavy atom. The van der Waals surface area contributed by atoms with Crippen molar-refractivity contribution in [3.8, 4) is 11.8 Å². The van der Waals surface area contributed by atoms with Gasteiger partial charge in [-0.1, -0.05) is 60.4 Å². The van der Waals surface area contributed by atoms with Crippen LogP contribution in [0.4, 0.5) is 4.79 Å². The molecule has 0 aliphatic rings. The van der Waals surface area contributed by atoms with Crippen molar-refractivity contribution in [1.29, 1.82) is 0 Å². The Hall–Kier alpha value is -3.79. The normalized spacial score (nSPS) is 12.4. The fourth-order valence-corrected chi connectivity index (χ4v) is 2.89. The molecule has 0 saturated carbocycles. The number of methoxy groups -OCH3 is 1. The standard InChI is InChI=1S/C26H30N2O5/c1-26(2,3)33-25(31)28-22(18-20-14-9-6-10-15-20)23(29)27-21(24(30)32-4)17-11-16-19-12-7-5-8-13-19/h5-10,12-15,21-22H,17-18H2,1-4H3,(H,27,29)(H,28,31). The molecule has 0 aliphatic heterocycles. The number of ether oxygens (including phenoxy) is 2. The maximum absolute atomic E-state index is 13.1. The van der Waals surface area contributed by atoms with Crippen LogP contribution < -0.4 is 10.6 Å². The largest absolute Gasteiger partial charge is 0.467 e. The minimum absolute atomic E-state index is 0.0534. The lowest BCUT2D eigenvalue weighted by molar-refractivity contribution is -0.145. The van der Waals surface area contributed by atoms with E-state index in [1.54, 1.807) is 20.8 Å². The molecule has 2 amide bonds. The molecule has 2 rings (SSSR count). The van der Waals surface area contributed by atoms with E-state index in [1.165, 1.54) is 7.11 Å². The van der Waals surface area contributed by atoms with E-state index in [4.69, 9.17) is 9.47 Å². The fraction of sp³-hybridized carbons (Fsp3) is 0.346. The summed E-state index contributed by atoms with van der Waals surface area (Å²) in [4.78, 5) is 37.7. The molecule has 0 heterocycles. The molecule has 0 bridgehead atoms. The van der Waals surface area contributed by atoms with Crippen LogP contribution in [0.15, 0.2) is 60.7 Å². The molecular weight excluding hydrogens is 420 g/mol. The van der Waals surface area contributed by atoms with E-state index in [0.29, 0.717) is 0 Å². The predicted molar refractivity (Wildman–Crippen MR) is 125 cm³/mol. The van der Waals surface area contributed by atoms with Crippen molar-refractivity contribution in [2.45, 2.75) is 51.3 Å². The molecule has 33 heavy (non-hydrogen) atoms. The topological polar surface area (TPSA) is 93.7 Å². The first-order chi connectivity index (χ1) is 15.7. The second-order valence-electron chi connectivity index (χ2n) is 8.34. The van der Waals surface area contributed by atoms with Crippen molar-refractivity contribution < 1.29 is 23.9 Å². The zero-order valence-electron chi connectivity index (χ0n) is 19.4. The zero-order chi connectivity index (χ0) is 24.3. The summed E-state index contributed by atoms with van der Waals surface area (Å²) in [5, 5.41) is 5.26. The molecule has 0 radical (unpaired) electrons. The number of amides is 2. The van der Waals surface area contributed by atoms with Crippen molar-refractivity contribution >= 4 is 18.0 Å². The first-order valence-corrected chi connectivity index (χ1v) is 10.6. The highest BCUT2D eigenvalue weighted by Gasteiger charge is 2.28. The highest BCUT2D eigenvalue weighted by Crippen LogP contribution is 2.09. The van der Waals surface area contributed by atoms with E-state index in [0.717, 1.165) is 11.1 Å². The zero-order valence-corrected chi connectivity index (χ0v) is 19.4. The van der Waals surface area contributed by atoms with E-state index in [1.807, 2.05) is 60.7 Å². The van der Waals surface area contributed by atoms with Crippen LogP contribution in [0.25, 0.3) is 0 Å². The van der Waals surface area contributed by atoms with Gasteiger partial charge in [0.05, 0.1) is 7.11 Å². The predicted octanol–water partition coefficient (Wildman–Crippen LogP) is 3.22. The van der Waals surface area contributed by atoms with Crippen molar-refractivity contribution in [2.24, 2.45) is 0 Å². The lowest BCUT2D eigenvalue weighted by Gasteiger charge is -2.24. The molecule has 0 spiro atoms. The van der Waals surface area contributed by atoms with Crippen LogP contribution in [0.5, 0.6) is 0 Å². The smallest absolute Gasteiger partial charge is 0.408 e. The quantitative estimate of drug-likeness (QED) is 0.499. The summed E-state index contributed by atoms with van der Waals surface area (Å²) >= 11 is 0. The third kappa shape index (κ3) is 9.48. The van der Waals surface area contributed by atoms with E-state index in [2.05, 4.69) is 22.5 Å². The van der Waals surface area contributed by atoms with Gasteiger partial charge in [0.1, 0.15) is 17.7 Å². The van der Waals surface area contributed by atoms with Crippen molar-refractivity contribution in [2.75, 3.05) is 7.11 Å². The molecule has 7 heteroatoms. The van der Waals surface area contributed by atoms with E-state index < -0.39 is 35.7 Å². The molecule has 2 aromatic carbocycles. The Balaban J connectivity index is 2.15. The van der Waals surface area contributed by atoms with Gasteiger partial charge >= 0.3 is 12.1 Å². The lowest BCUT2D eigenvalue weighted by Crippen LogP contribution is -2.53. The van der Waals surface area contributed by atoms with Crippen molar-refractivity contribution in [3.63, 3.8) is 0 Å². The number of rotatable bonds is 7. The molecule has 174 valence electrons. The van der Waals surface area contributed by atoms with Gasteiger partial charge in [-0.3, -0.25) is 4.79 Å². The van der Waals surface area contributed by atoms with Crippen LogP contribution in [0.2, 0.25) is 0 Å². The van der Waals surface area contributed by atoms with Crippen LogP contribution in [0.3, 0.4) is 0 Å². The summed E-state index contributed by atoms with van der Waals surface area (Å²) in [6, 6.07) is 16.6. The number of carbonyl (C=O) groups excluding carboxylic acids is 3. The molecule has 2 atom stereocenters. The van der Waals surface area contributed by atoms with Gasteiger partial charge in [0.15, 0.2) is 0 Å². The molecule has 0 aromatic heterocycles. The van der Waals surface area contributed by atoms with E-state index in [9.17, 15) is 14.4 Å². The van der Waals surface area contributed by atoms with Crippen LogP contribution >= 0.6 is 0 Å². The molecule has 0 saturated heterocycles. The second-order valence-corrected chi connectivity index (χ2v) is 8.34. The van der Waals surface area contributed by atoms with Gasteiger partial charge in [0, 0.05) is 18.4 Å². The molecule has 2 unspecified atom stereocenters. The van der Waals surface area contributed by atoms with Gasteiger partial charge in [-0.25, -0.2) is 9.59 Å². The van der Waals surface area contributed by atoms with E-state index in [-0.39, 0.29) is 12.8 Å². The summed E-state index contributed by atoms with van der Waals surface area (Å²) in [6.07, 6.45) is -0.454. The number of nitrogens with one attached hydrogen (secondary N) is 2. The Morgan fingerprint density at radius 3 is 2.09 bits per heavy atom. The second kappa shape index (κ2) is 12.3. The molecule has 0 fully saturated rings. The Labute approximate surface area is 194 Å². The molecule has 0 aliphatic carbocycles. The molecular formula is C26H30N2O5. The third-order valence-electron chi connectivity index (χ3n) is 4.40. The Morgan fingerprint density at radius 2 is 1.52 bits per heavy atom. The summed E-state index contributed by atoms with van der Waals surface area (Å²) in [5.74, 6) is 4.70. The minimum Gasteiger partial charge on any atom is -0.467 e. The van der Waals surface area contributed by atoms with Gasteiger partial charge < -0.3 is 20.1 Å². The lowest BCUT2D eigenvalue weighted by atomic mass is 10.0. The average Bonchev–Trinajstić information content (AvgIpc) is 2.77. The highest BCUT2D eigenvalue weighted by molar-refractivity contribution is 5.90. The molecule has 2 aromatic rings. The van der Waals surface area contributed by atoms with E-state index >= 15 is 0 Å². The molecule has 7 nitrogen and oxygen atoms in total. The fourth-order valence-electron chi connectivity index (χ4n) is 2.89. The summed E-state index contributed by atoms with van der Waals surface area (Å²) < 4.78 is 10.1. The summed E-state index contributed by atoms with van der Waals surface area (Å²) in [5.41, 5.74) is 0.910. The maximum Gasteiger partial charge on any atom is 0.408 e.